The van der Waals surface area contributed by atoms with Crippen LogP contribution in [0, 0.1) is 11.8 Å². The van der Waals surface area contributed by atoms with Gasteiger partial charge in [-0.1, -0.05) is 26.7 Å². The highest BCUT2D eigenvalue weighted by atomic mass is 16.5. The van der Waals surface area contributed by atoms with Gasteiger partial charge in [-0.25, -0.2) is 0 Å². The maximum Gasteiger partial charge on any atom is 0.0805 e. The molecule has 1 saturated heterocycles. The van der Waals surface area contributed by atoms with Crippen molar-refractivity contribution in [2.45, 2.75) is 58.2 Å². The van der Waals surface area contributed by atoms with Gasteiger partial charge in [0, 0.05) is 13.1 Å². The average molecular weight is 211 g/mol. The first-order chi connectivity index (χ1) is 7.12. The molecular formula is C13H25NO. The molecular weight excluding hydrogens is 186 g/mol. The highest BCUT2D eigenvalue weighted by Gasteiger charge is 2.39. The highest BCUT2D eigenvalue weighted by molar-refractivity contribution is 4.90. The zero-order valence-electron chi connectivity index (χ0n) is 10.4. The highest BCUT2D eigenvalue weighted by Crippen LogP contribution is 2.34. The fourth-order valence-electron chi connectivity index (χ4n) is 2.82. The van der Waals surface area contributed by atoms with E-state index in [4.69, 9.17) is 4.74 Å². The molecule has 2 unspecified atom stereocenters. The van der Waals surface area contributed by atoms with E-state index in [-0.39, 0.29) is 5.60 Å². The molecule has 0 aromatic rings. The summed E-state index contributed by atoms with van der Waals surface area (Å²) in [7, 11) is 0. The first-order valence-corrected chi connectivity index (χ1v) is 6.50. The molecule has 15 heavy (non-hydrogen) atoms. The zero-order chi connectivity index (χ0) is 10.9. The van der Waals surface area contributed by atoms with Crippen molar-refractivity contribution in [2.24, 2.45) is 11.8 Å². The third-order valence-electron chi connectivity index (χ3n) is 4.39. The van der Waals surface area contributed by atoms with E-state index >= 15 is 0 Å². The monoisotopic (exact) mass is 211 g/mol. The van der Waals surface area contributed by atoms with Gasteiger partial charge in [0.25, 0.3) is 0 Å². The Balaban J connectivity index is 1.97. The van der Waals surface area contributed by atoms with Crippen molar-refractivity contribution in [3.63, 3.8) is 0 Å². The average Bonchev–Trinajstić information content (AvgIpc) is 2.70. The lowest BCUT2D eigenvalue weighted by molar-refractivity contribution is -0.147. The molecule has 1 saturated carbocycles. The van der Waals surface area contributed by atoms with Crippen LogP contribution >= 0.6 is 0 Å². The van der Waals surface area contributed by atoms with Crippen LogP contribution in [0.5, 0.6) is 0 Å². The van der Waals surface area contributed by atoms with Crippen LogP contribution < -0.4 is 5.32 Å². The van der Waals surface area contributed by atoms with Gasteiger partial charge in [0.2, 0.25) is 0 Å². The number of hydrogen-bond acceptors (Lipinski definition) is 2. The van der Waals surface area contributed by atoms with Crippen LogP contribution in [-0.2, 0) is 4.74 Å². The van der Waals surface area contributed by atoms with Crippen molar-refractivity contribution in [2.75, 3.05) is 13.1 Å². The summed E-state index contributed by atoms with van der Waals surface area (Å²) in [6, 6.07) is 0. The number of rotatable bonds is 2. The Labute approximate surface area is 93.8 Å². The lowest BCUT2D eigenvalue weighted by Crippen LogP contribution is -2.56. The smallest absolute Gasteiger partial charge is 0.0805 e. The Morgan fingerprint density at radius 2 is 1.93 bits per heavy atom. The summed E-state index contributed by atoms with van der Waals surface area (Å²) in [4.78, 5) is 0. The van der Waals surface area contributed by atoms with Gasteiger partial charge in [-0.05, 0) is 31.6 Å². The summed E-state index contributed by atoms with van der Waals surface area (Å²) in [5.74, 6) is 1.41. The number of hydrogen-bond donors (Lipinski definition) is 1. The molecule has 2 rings (SSSR count). The number of nitrogens with one attached hydrogen (secondary N) is 1. The molecule has 0 bridgehead atoms. The summed E-state index contributed by atoms with van der Waals surface area (Å²) in [5.41, 5.74) is 0.0471. The van der Waals surface area contributed by atoms with Crippen molar-refractivity contribution in [3.05, 3.63) is 0 Å². The van der Waals surface area contributed by atoms with E-state index in [0.717, 1.165) is 19.0 Å². The minimum Gasteiger partial charge on any atom is -0.369 e. The van der Waals surface area contributed by atoms with Crippen LogP contribution in [0.4, 0.5) is 0 Å². The summed E-state index contributed by atoms with van der Waals surface area (Å²) >= 11 is 0. The van der Waals surface area contributed by atoms with Gasteiger partial charge in [0.1, 0.15) is 0 Å². The van der Waals surface area contributed by atoms with E-state index < -0.39 is 0 Å². The van der Waals surface area contributed by atoms with Gasteiger partial charge < -0.3 is 10.1 Å². The van der Waals surface area contributed by atoms with E-state index in [1.54, 1.807) is 0 Å². The molecule has 1 aliphatic carbocycles. The molecule has 2 atom stereocenters. The van der Waals surface area contributed by atoms with E-state index in [1.165, 1.54) is 25.7 Å². The maximum atomic E-state index is 6.36. The molecule has 0 aromatic heterocycles. The molecule has 1 N–H and O–H groups in total. The maximum absolute atomic E-state index is 6.36. The van der Waals surface area contributed by atoms with E-state index in [9.17, 15) is 0 Å². The predicted molar refractivity (Wildman–Crippen MR) is 62.9 cm³/mol. The molecule has 1 heterocycles. The molecule has 0 spiro atoms. The van der Waals surface area contributed by atoms with Crippen LogP contribution in [0.25, 0.3) is 0 Å². The molecule has 2 heteroatoms. The fraction of sp³-hybridized carbons (Fsp3) is 1.00. The first kappa shape index (κ1) is 11.4. The first-order valence-electron chi connectivity index (χ1n) is 6.50. The summed E-state index contributed by atoms with van der Waals surface area (Å²) < 4.78 is 6.36. The molecule has 2 nitrogen and oxygen atoms in total. The third-order valence-corrected chi connectivity index (χ3v) is 4.39. The Bertz CT molecular complexity index is 211. The summed E-state index contributed by atoms with van der Waals surface area (Å²) in [5, 5.41) is 3.56. The lowest BCUT2D eigenvalue weighted by Gasteiger charge is -2.44. The van der Waals surface area contributed by atoms with Crippen molar-refractivity contribution < 1.29 is 4.74 Å². The normalized spacial score (nSPS) is 38.8. The molecule has 2 aliphatic rings. The number of morpholine rings is 1. The minimum absolute atomic E-state index is 0.0471. The lowest BCUT2D eigenvalue weighted by atomic mass is 9.88. The van der Waals surface area contributed by atoms with Crippen molar-refractivity contribution >= 4 is 0 Å². The molecule has 1 aliphatic heterocycles. The Hall–Kier alpha value is -0.0800. The van der Waals surface area contributed by atoms with Crippen molar-refractivity contribution in [3.8, 4) is 0 Å². The van der Waals surface area contributed by atoms with Crippen molar-refractivity contribution in [1.82, 2.24) is 5.32 Å². The van der Waals surface area contributed by atoms with Crippen LogP contribution in [0.2, 0.25) is 0 Å². The van der Waals surface area contributed by atoms with Crippen LogP contribution in [0.15, 0.2) is 0 Å². The SMILES string of the molecule is CC(C)C1(C)CNCC(C2CCCC2)O1. The Morgan fingerprint density at radius 3 is 2.53 bits per heavy atom. The van der Waals surface area contributed by atoms with Crippen molar-refractivity contribution in [1.29, 1.82) is 0 Å². The van der Waals surface area contributed by atoms with Gasteiger partial charge in [0.15, 0.2) is 0 Å². The van der Waals surface area contributed by atoms with E-state index in [2.05, 4.69) is 26.1 Å². The number of ether oxygens (including phenoxy) is 1. The Morgan fingerprint density at radius 1 is 1.27 bits per heavy atom. The van der Waals surface area contributed by atoms with Crippen LogP contribution in [0.1, 0.15) is 46.5 Å². The van der Waals surface area contributed by atoms with Gasteiger partial charge in [-0.3, -0.25) is 0 Å². The van der Waals surface area contributed by atoms with Gasteiger partial charge in [0.05, 0.1) is 11.7 Å². The standard InChI is InChI=1S/C13H25NO/c1-10(2)13(3)9-14-8-12(15-13)11-6-4-5-7-11/h10-12,14H,4-9H2,1-3H3. The molecule has 88 valence electrons. The molecule has 0 amide bonds. The van der Waals surface area contributed by atoms with Crippen LogP contribution in [-0.4, -0.2) is 24.8 Å². The second kappa shape index (κ2) is 4.42. The van der Waals surface area contributed by atoms with Gasteiger partial charge in [-0.2, -0.15) is 0 Å². The largest absolute Gasteiger partial charge is 0.369 e. The second-order valence-electron chi connectivity index (χ2n) is 5.80. The van der Waals surface area contributed by atoms with E-state index in [0.29, 0.717) is 12.0 Å². The van der Waals surface area contributed by atoms with Gasteiger partial charge in [-0.15, -0.1) is 0 Å². The molecule has 2 fully saturated rings. The topological polar surface area (TPSA) is 21.3 Å². The fourth-order valence-corrected chi connectivity index (χ4v) is 2.82. The molecule has 0 radical (unpaired) electrons. The minimum atomic E-state index is 0.0471. The predicted octanol–water partition coefficient (Wildman–Crippen LogP) is 2.58. The Kier molecular flexibility index (Phi) is 3.36. The summed E-state index contributed by atoms with van der Waals surface area (Å²) in [6.45, 7) is 8.85. The van der Waals surface area contributed by atoms with Gasteiger partial charge >= 0.3 is 0 Å². The van der Waals surface area contributed by atoms with Crippen LogP contribution in [0.3, 0.4) is 0 Å². The second-order valence-corrected chi connectivity index (χ2v) is 5.80. The van der Waals surface area contributed by atoms with E-state index in [1.807, 2.05) is 0 Å². The zero-order valence-corrected chi connectivity index (χ0v) is 10.4. The quantitative estimate of drug-likeness (QED) is 0.758. The third kappa shape index (κ3) is 2.36. The summed E-state index contributed by atoms with van der Waals surface area (Å²) in [6.07, 6.45) is 6.03. The molecule has 0 aromatic carbocycles.